The van der Waals surface area contributed by atoms with Crippen LogP contribution in [0.25, 0.3) is 0 Å². The minimum absolute atomic E-state index is 0.0210. The summed E-state index contributed by atoms with van der Waals surface area (Å²) in [6.45, 7) is 4.41. The van der Waals surface area contributed by atoms with Gasteiger partial charge in [-0.25, -0.2) is 13.4 Å². The molecule has 172 valence electrons. The molecule has 33 heavy (non-hydrogen) atoms. The number of benzene rings is 2. The predicted molar refractivity (Wildman–Crippen MR) is 127 cm³/mol. The van der Waals surface area contributed by atoms with Gasteiger partial charge < -0.3 is 5.32 Å². The maximum absolute atomic E-state index is 12.9. The highest BCUT2D eigenvalue weighted by molar-refractivity contribution is 7.90. The van der Waals surface area contributed by atoms with E-state index in [-0.39, 0.29) is 29.4 Å². The number of carbonyl (C=O) groups excluding carboxylic acids is 2. The highest BCUT2D eigenvalue weighted by Crippen LogP contribution is 2.26. The number of aliphatic imine (C=N–C) groups is 1. The Morgan fingerprint density at radius 3 is 2.64 bits per heavy atom. The molecule has 4 rings (SSSR count). The molecule has 0 spiro atoms. The van der Waals surface area contributed by atoms with Gasteiger partial charge in [0.25, 0.3) is 15.9 Å². The summed E-state index contributed by atoms with van der Waals surface area (Å²) < 4.78 is 27.8. The van der Waals surface area contributed by atoms with E-state index < -0.39 is 15.9 Å². The molecule has 0 fully saturated rings. The largest absolute Gasteiger partial charge is 0.321 e. The average Bonchev–Trinajstić information content (AvgIpc) is 3.28. The third-order valence-corrected chi connectivity index (χ3v) is 6.80. The second kappa shape index (κ2) is 9.14. The molecule has 2 amide bonds. The Morgan fingerprint density at radius 2 is 1.88 bits per heavy atom. The smallest absolute Gasteiger partial charge is 0.271 e. The summed E-state index contributed by atoms with van der Waals surface area (Å²) >= 11 is 0. The van der Waals surface area contributed by atoms with E-state index in [0.717, 1.165) is 17.5 Å². The van der Waals surface area contributed by atoms with Crippen molar-refractivity contribution >= 4 is 44.8 Å². The highest BCUT2D eigenvalue weighted by atomic mass is 32.2. The van der Waals surface area contributed by atoms with Crippen LogP contribution in [0.2, 0.25) is 0 Å². The first-order valence-corrected chi connectivity index (χ1v) is 12.2. The molecule has 0 unspecified atom stereocenters. The molecule has 0 radical (unpaired) electrons. The minimum atomic E-state index is -3.80. The predicted octanol–water partition coefficient (Wildman–Crippen LogP) is 2.90. The molecule has 0 saturated carbocycles. The number of nitrogens with zero attached hydrogens (tertiary/aromatic N) is 3. The van der Waals surface area contributed by atoms with Gasteiger partial charge >= 0.3 is 0 Å². The molecule has 0 atom stereocenters. The van der Waals surface area contributed by atoms with Crippen molar-refractivity contribution in [1.82, 2.24) is 4.72 Å². The van der Waals surface area contributed by atoms with Gasteiger partial charge in [-0.1, -0.05) is 18.2 Å². The van der Waals surface area contributed by atoms with Crippen molar-refractivity contribution in [1.29, 1.82) is 0 Å². The van der Waals surface area contributed by atoms with E-state index in [1.807, 2.05) is 32.0 Å². The molecule has 2 N–H and O–H groups in total. The Balaban J connectivity index is 1.54. The molecule has 9 nitrogen and oxygen atoms in total. The van der Waals surface area contributed by atoms with Crippen molar-refractivity contribution in [2.75, 3.05) is 16.9 Å². The van der Waals surface area contributed by atoms with Crippen LogP contribution in [0.3, 0.4) is 0 Å². The third kappa shape index (κ3) is 5.11. The van der Waals surface area contributed by atoms with Crippen LogP contribution in [-0.4, -0.2) is 38.3 Å². The summed E-state index contributed by atoms with van der Waals surface area (Å²) in [6.07, 6.45) is 1.76. The Bertz CT molecular complexity index is 1280. The highest BCUT2D eigenvalue weighted by Gasteiger charge is 2.27. The molecule has 2 aromatic rings. The number of sulfonamides is 1. The SMILES string of the molecule is Cc1ccc(C)c(N2N=C(C(=O)Nc3cccc(S(=O)(=O)NC4=NCCC4)c3)CCC2=O)c1. The summed E-state index contributed by atoms with van der Waals surface area (Å²) in [7, 11) is -3.80. The maximum Gasteiger partial charge on any atom is 0.271 e. The van der Waals surface area contributed by atoms with E-state index in [9.17, 15) is 18.0 Å². The number of amides is 2. The van der Waals surface area contributed by atoms with E-state index in [0.29, 0.717) is 30.2 Å². The normalized spacial score (nSPS) is 16.3. The van der Waals surface area contributed by atoms with Gasteiger partial charge in [0.15, 0.2) is 0 Å². The van der Waals surface area contributed by atoms with E-state index in [2.05, 4.69) is 20.1 Å². The quantitative estimate of drug-likeness (QED) is 0.702. The van der Waals surface area contributed by atoms with Crippen LogP contribution in [0.15, 0.2) is 57.5 Å². The fourth-order valence-corrected chi connectivity index (χ4v) is 4.77. The van der Waals surface area contributed by atoms with Crippen molar-refractivity contribution in [3.63, 3.8) is 0 Å². The molecule has 2 aliphatic heterocycles. The number of hydrogen-bond acceptors (Lipinski definition) is 6. The molecular formula is C23H25N5O4S. The van der Waals surface area contributed by atoms with Crippen molar-refractivity contribution in [3.05, 3.63) is 53.6 Å². The summed E-state index contributed by atoms with van der Waals surface area (Å²) in [5, 5.41) is 8.28. The van der Waals surface area contributed by atoms with E-state index in [1.54, 1.807) is 12.1 Å². The number of carbonyl (C=O) groups is 2. The fourth-order valence-electron chi connectivity index (χ4n) is 3.63. The third-order valence-electron chi connectivity index (χ3n) is 5.42. The summed E-state index contributed by atoms with van der Waals surface area (Å²) in [5.41, 5.74) is 3.00. The lowest BCUT2D eigenvalue weighted by molar-refractivity contribution is -0.118. The van der Waals surface area contributed by atoms with Crippen LogP contribution in [0, 0.1) is 13.8 Å². The number of rotatable bonds is 5. The van der Waals surface area contributed by atoms with Crippen LogP contribution in [0.1, 0.15) is 36.8 Å². The number of hydrazone groups is 1. The lowest BCUT2D eigenvalue weighted by Crippen LogP contribution is -2.36. The van der Waals surface area contributed by atoms with Gasteiger partial charge in [0.05, 0.1) is 10.6 Å². The second-order valence-corrected chi connectivity index (χ2v) is 9.74. The monoisotopic (exact) mass is 467 g/mol. The van der Waals surface area contributed by atoms with Gasteiger partial charge in [0, 0.05) is 31.5 Å². The first-order valence-electron chi connectivity index (χ1n) is 10.7. The van der Waals surface area contributed by atoms with E-state index in [4.69, 9.17) is 0 Å². The first-order chi connectivity index (χ1) is 15.7. The van der Waals surface area contributed by atoms with E-state index >= 15 is 0 Å². The fraction of sp³-hybridized carbons (Fsp3) is 0.304. The Labute approximate surface area is 192 Å². The van der Waals surface area contributed by atoms with Crippen molar-refractivity contribution in [3.8, 4) is 0 Å². The number of hydrogen-bond donors (Lipinski definition) is 2. The van der Waals surface area contributed by atoms with Crippen LogP contribution >= 0.6 is 0 Å². The number of anilines is 2. The van der Waals surface area contributed by atoms with Gasteiger partial charge in [0.1, 0.15) is 11.5 Å². The maximum atomic E-state index is 12.9. The van der Waals surface area contributed by atoms with Crippen molar-refractivity contribution in [2.24, 2.45) is 10.1 Å². The zero-order valence-corrected chi connectivity index (χ0v) is 19.3. The van der Waals surface area contributed by atoms with Crippen LogP contribution < -0.4 is 15.0 Å². The number of aryl methyl sites for hydroxylation is 2. The zero-order valence-electron chi connectivity index (χ0n) is 18.5. The van der Waals surface area contributed by atoms with Crippen molar-refractivity contribution < 1.29 is 18.0 Å². The second-order valence-electron chi connectivity index (χ2n) is 8.06. The van der Waals surface area contributed by atoms with Crippen LogP contribution in [0.5, 0.6) is 0 Å². The molecule has 0 aliphatic carbocycles. The van der Waals surface area contributed by atoms with Gasteiger partial charge in [-0.05, 0) is 55.7 Å². The Hall–Kier alpha value is -3.53. The van der Waals surface area contributed by atoms with Crippen LogP contribution in [-0.2, 0) is 19.6 Å². The van der Waals surface area contributed by atoms with Gasteiger partial charge in [-0.2, -0.15) is 5.10 Å². The lowest BCUT2D eigenvalue weighted by Gasteiger charge is -2.24. The van der Waals surface area contributed by atoms with Gasteiger partial charge in [-0.15, -0.1) is 0 Å². The molecule has 2 aliphatic rings. The summed E-state index contributed by atoms with van der Waals surface area (Å²) in [6, 6.07) is 11.7. The molecule has 0 bridgehead atoms. The van der Waals surface area contributed by atoms with Crippen molar-refractivity contribution in [2.45, 2.75) is 44.4 Å². The minimum Gasteiger partial charge on any atom is -0.321 e. The Kier molecular flexibility index (Phi) is 6.28. The zero-order chi connectivity index (χ0) is 23.6. The summed E-state index contributed by atoms with van der Waals surface area (Å²) in [4.78, 5) is 29.5. The molecule has 2 aromatic carbocycles. The summed E-state index contributed by atoms with van der Waals surface area (Å²) in [5.74, 6) is -0.230. The Morgan fingerprint density at radius 1 is 1.06 bits per heavy atom. The number of nitrogens with one attached hydrogen (secondary N) is 2. The average molecular weight is 468 g/mol. The molecule has 2 heterocycles. The van der Waals surface area contributed by atoms with E-state index in [1.165, 1.54) is 17.1 Å². The van der Waals surface area contributed by atoms with Gasteiger partial charge in [0.2, 0.25) is 5.91 Å². The van der Waals surface area contributed by atoms with Crippen LogP contribution in [0.4, 0.5) is 11.4 Å². The molecule has 10 heteroatoms. The molecule has 0 aromatic heterocycles. The standard InChI is InChI=1S/C23H25N5O4S/c1-15-8-9-16(2)20(13-15)28-22(29)11-10-19(26-28)23(30)25-17-5-3-6-18(14-17)33(31,32)27-21-7-4-12-24-21/h3,5-6,8-9,13-14H,4,7,10-12H2,1-2H3,(H,24,27)(H,25,30). The lowest BCUT2D eigenvalue weighted by atomic mass is 10.1. The molecular weight excluding hydrogens is 442 g/mol. The topological polar surface area (TPSA) is 120 Å². The molecule has 0 saturated heterocycles. The number of amidine groups is 1. The van der Waals surface area contributed by atoms with Gasteiger partial charge in [-0.3, -0.25) is 19.3 Å². The first kappa shape index (κ1) is 22.7.